The predicted molar refractivity (Wildman–Crippen MR) is 120 cm³/mol. The molecule has 8 nitrogen and oxygen atoms in total. The van der Waals surface area contributed by atoms with Crippen molar-refractivity contribution >= 4 is 35.1 Å². The highest BCUT2D eigenvalue weighted by Gasteiger charge is 2.34. The molecule has 1 saturated heterocycles. The van der Waals surface area contributed by atoms with Gasteiger partial charge in [-0.2, -0.15) is 4.98 Å². The minimum absolute atomic E-state index is 0.0595. The molecule has 0 spiro atoms. The van der Waals surface area contributed by atoms with Crippen molar-refractivity contribution in [1.29, 1.82) is 0 Å². The largest absolute Gasteiger partial charge is 0.490 e. The predicted octanol–water partition coefficient (Wildman–Crippen LogP) is 3.53. The van der Waals surface area contributed by atoms with Crippen molar-refractivity contribution in [1.82, 2.24) is 20.3 Å². The number of carbonyl (C=O) groups excluding carboxylic acids is 1. The van der Waals surface area contributed by atoms with Gasteiger partial charge in [0.2, 0.25) is 11.9 Å². The van der Waals surface area contributed by atoms with Crippen molar-refractivity contribution in [3.8, 4) is 5.75 Å². The van der Waals surface area contributed by atoms with Gasteiger partial charge in [0.1, 0.15) is 18.2 Å². The Bertz CT molecular complexity index is 1060. The molecule has 2 N–H and O–H groups in total. The summed E-state index contributed by atoms with van der Waals surface area (Å²) >= 11 is 5.92. The summed E-state index contributed by atoms with van der Waals surface area (Å²) in [6, 6.07) is 14.5. The first-order valence-corrected chi connectivity index (χ1v) is 10.3. The molecule has 0 aliphatic carbocycles. The Morgan fingerprint density at radius 2 is 1.97 bits per heavy atom. The molecule has 160 valence electrons. The molecular weight excluding hydrogens is 416 g/mol. The molecule has 0 bridgehead atoms. The van der Waals surface area contributed by atoms with Crippen LogP contribution in [0.25, 0.3) is 0 Å². The number of nitrogens with one attached hydrogen (secondary N) is 2. The van der Waals surface area contributed by atoms with Gasteiger partial charge in [0.15, 0.2) is 0 Å². The van der Waals surface area contributed by atoms with Crippen LogP contribution in [0.3, 0.4) is 0 Å². The van der Waals surface area contributed by atoms with Crippen LogP contribution in [-0.2, 0) is 0 Å². The summed E-state index contributed by atoms with van der Waals surface area (Å²) in [4.78, 5) is 26.9. The minimum Gasteiger partial charge on any atom is -0.490 e. The second-order valence-electron chi connectivity index (χ2n) is 7.34. The van der Waals surface area contributed by atoms with Gasteiger partial charge < -0.3 is 20.3 Å². The third-order valence-electron chi connectivity index (χ3n) is 5.16. The van der Waals surface area contributed by atoms with Gasteiger partial charge in [0, 0.05) is 42.3 Å². The molecule has 1 aliphatic heterocycles. The zero-order valence-electron chi connectivity index (χ0n) is 17.2. The summed E-state index contributed by atoms with van der Waals surface area (Å²) in [6.45, 7) is 3.66. The first-order chi connectivity index (χ1) is 15.0. The van der Waals surface area contributed by atoms with E-state index in [4.69, 9.17) is 16.3 Å². The average molecular weight is 439 g/mol. The van der Waals surface area contributed by atoms with Crippen LogP contribution in [0.5, 0.6) is 5.75 Å². The smallest absolute Gasteiger partial charge is 0.251 e. The summed E-state index contributed by atoms with van der Waals surface area (Å²) in [6.07, 6.45) is 1.54. The van der Waals surface area contributed by atoms with Gasteiger partial charge in [-0.3, -0.25) is 4.79 Å². The summed E-state index contributed by atoms with van der Waals surface area (Å²) in [5.74, 6) is 2.05. The lowest BCUT2D eigenvalue weighted by Crippen LogP contribution is -2.53. The second kappa shape index (κ2) is 9.18. The van der Waals surface area contributed by atoms with E-state index in [-0.39, 0.29) is 12.0 Å². The number of carbonyl (C=O) groups is 1. The van der Waals surface area contributed by atoms with Crippen LogP contribution in [0.15, 0.2) is 54.9 Å². The summed E-state index contributed by atoms with van der Waals surface area (Å²) in [5.41, 5.74) is 1.28. The Morgan fingerprint density at radius 3 is 2.71 bits per heavy atom. The number of nitrogens with zero attached hydrogens (tertiary/aromatic N) is 4. The number of amides is 1. The highest BCUT2D eigenvalue weighted by Crippen LogP contribution is 2.27. The lowest BCUT2D eigenvalue weighted by molar-refractivity contribution is 0.0963. The zero-order valence-corrected chi connectivity index (χ0v) is 18.0. The molecule has 1 aromatic heterocycles. The lowest BCUT2D eigenvalue weighted by atomic mass is 9.95. The highest BCUT2D eigenvalue weighted by atomic mass is 35.5. The fraction of sp³-hybridized carbons (Fsp3) is 0.273. The van der Waals surface area contributed by atoms with Crippen LogP contribution in [0.2, 0.25) is 5.02 Å². The molecule has 0 saturated carbocycles. The molecule has 1 fully saturated rings. The number of hydrogen-bond donors (Lipinski definition) is 2. The van der Waals surface area contributed by atoms with E-state index in [1.165, 1.54) is 6.33 Å². The third-order valence-corrected chi connectivity index (χ3v) is 5.41. The van der Waals surface area contributed by atoms with Gasteiger partial charge in [-0.25, -0.2) is 9.97 Å². The van der Waals surface area contributed by atoms with E-state index in [9.17, 15) is 4.79 Å². The average Bonchev–Trinajstić information content (AvgIpc) is 2.74. The Kier molecular flexibility index (Phi) is 6.18. The summed E-state index contributed by atoms with van der Waals surface area (Å²) < 4.78 is 6.02. The maximum absolute atomic E-state index is 11.8. The number of hydrogen-bond acceptors (Lipinski definition) is 7. The Hall–Kier alpha value is -3.39. The van der Waals surface area contributed by atoms with E-state index in [0.717, 1.165) is 24.5 Å². The maximum Gasteiger partial charge on any atom is 0.251 e. The number of halogens is 1. The van der Waals surface area contributed by atoms with Crippen molar-refractivity contribution in [3.05, 3.63) is 65.4 Å². The Labute approximate surface area is 185 Å². The van der Waals surface area contributed by atoms with Crippen molar-refractivity contribution in [2.24, 2.45) is 5.92 Å². The first kappa shape index (κ1) is 20.9. The van der Waals surface area contributed by atoms with E-state index >= 15 is 0 Å². The number of benzene rings is 2. The number of ether oxygens (including phenoxy) is 1. The zero-order chi connectivity index (χ0) is 21.8. The maximum atomic E-state index is 11.8. The molecule has 3 aromatic rings. The van der Waals surface area contributed by atoms with Crippen LogP contribution in [0.1, 0.15) is 17.3 Å². The van der Waals surface area contributed by atoms with Crippen molar-refractivity contribution in [2.45, 2.75) is 13.0 Å². The molecule has 1 aliphatic rings. The van der Waals surface area contributed by atoms with E-state index in [1.807, 2.05) is 30.3 Å². The second-order valence-corrected chi connectivity index (χ2v) is 7.77. The molecule has 2 heterocycles. The van der Waals surface area contributed by atoms with Gasteiger partial charge >= 0.3 is 0 Å². The normalized spacial score (nSPS) is 14.5. The van der Waals surface area contributed by atoms with Crippen molar-refractivity contribution in [3.63, 3.8) is 0 Å². The van der Waals surface area contributed by atoms with Gasteiger partial charge in [-0.05, 0) is 49.4 Å². The van der Waals surface area contributed by atoms with E-state index in [2.05, 4.69) is 37.4 Å². The topological polar surface area (TPSA) is 92.3 Å². The Morgan fingerprint density at radius 1 is 1.19 bits per heavy atom. The number of rotatable bonds is 7. The van der Waals surface area contributed by atoms with Crippen LogP contribution < -0.4 is 20.3 Å². The lowest BCUT2D eigenvalue weighted by Gasteiger charge is -2.42. The molecular formula is C22H23ClN6O2. The summed E-state index contributed by atoms with van der Waals surface area (Å²) in [7, 11) is 1.60. The van der Waals surface area contributed by atoms with Crippen molar-refractivity contribution in [2.75, 3.05) is 30.4 Å². The molecule has 0 unspecified atom stereocenters. The SMILES string of the molecule is CNC(=O)c1cccc(Nc2ncnc(N3CC([C@H](C)Oc4ccc(Cl)cc4)C3)n2)c1. The number of anilines is 3. The molecule has 4 rings (SSSR count). The third kappa shape index (κ3) is 5.03. The molecule has 2 aromatic carbocycles. The highest BCUT2D eigenvalue weighted by molar-refractivity contribution is 6.30. The van der Waals surface area contributed by atoms with Gasteiger partial charge in [-0.15, -0.1) is 0 Å². The standard InChI is InChI=1S/C22H23ClN6O2/c1-14(31-19-8-6-17(23)7-9-19)16-11-29(12-16)22-26-13-25-21(28-22)27-18-5-3-4-15(10-18)20(30)24-2/h3-10,13-14,16H,11-12H2,1-2H3,(H,24,30)(H,25,26,27,28)/t14-/m0/s1. The van der Waals surface area contributed by atoms with Crippen LogP contribution >= 0.6 is 11.6 Å². The molecule has 9 heteroatoms. The molecule has 1 atom stereocenters. The molecule has 1 amide bonds. The van der Waals surface area contributed by atoms with E-state index in [0.29, 0.717) is 28.4 Å². The van der Waals surface area contributed by atoms with Crippen molar-refractivity contribution < 1.29 is 9.53 Å². The van der Waals surface area contributed by atoms with Gasteiger partial charge in [-0.1, -0.05) is 17.7 Å². The quantitative estimate of drug-likeness (QED) is 0.582. The van der Waals surface area contributed by atoms with E-state index in [1.54, 1.807) is 25.2 Å². The van der Waals surface area contributed by atoms with Gasteiger partial charge in [0.25, 0.3) is 5.91 Å². The minimum atomic E-state index is -0.151. The molecule has 0 radical (unpaired) electrons. The number of aromatic nitrogens is 3. The first-order valence-electron chi connectivity index (χ1n) is 9.97. The fourth-order valence-electron chi connectivity index (χ4n) is 3.31. The Balaban J connectivity index is 1.35. The summed E-state index contributed by atoms with van der Waals surface area (Å²) in [5, 5.41) is 6.43. The monoisotopic (exact) mass is 438 g/mol. The molecule has 31 heavy (non-hydrogen) atoms. The van der Waals surface area contributed by atoms with Gasteiger partial charge in [0.05, 0.1) is 0 Å². The van der Waals surface area contributed by atoms with Crippen LogP contribution in [0.4, 0.5) is 17.6 Å². The van der Waals surface area contributed by atoms with Crippen LogP contribution in [-0.4, -0.2) is 47.1 Å². The van der Waals surface area contributed by atoms with Crippen LogP contribution in [0, 0.1) is 5.92 Å². The fourth-order valence-corrected chi connectivity index (χ4v) is 3.43. The van der Waals surface area contributed by atoms with E-state index < -0.39 is 0 Å².